The third-order valence-corrected chi connectivity index (χ3v) is 5.13. The first kappa shape index (κ1) is 18.3. The molecule has 0 amide bonds. The lowest BCUT2D eigenvalue weighted by Crippen LogP contribution is -1.98. The van der Waals surface area contributed by atoms with Gasteiger partial charge in [0.25, 0.3) is 0 Å². The molecule has 0 fully saturated rings. The summed E-state index contributed by atoms with van der Waals surface area (Å²) in [5.41, 5.74) is 5.37. The van der Waals surface area contributed by atoms with Crippen LogP contribution in [0.1, 0.15) is 22.3 Å². The molecule has 0 saturated carbocycles. The predicted molar refractivity (Wildman–Crippen MR) is 112 cm³/mol. The maximum absolute atomic E-state index is 5.63. The van der Waals surface area contributed by atoms with Crippen molar-refractivity contribution < 1.29 is 9.47 Å². The van der Waals surface area contributed by atoms with Crippen molar-refractivity contribution in [2.45, 2.75) is 6.92 Å². The second-order valence-corrected chi connectivity index (χ2v) is 6.75. The van der Waals surface area contributed by atoms with Gasteiger partial charge in [-0.2, -0.15) is 0 Å². The maximum atomic E-state index is 5.63. The monoisotopic (exact) mass is 408 g/mol. The van der Waals surface area contributed by atoms with Crippen LogP contribution in [0, 0.1) is 6.92 Å². The number of methoxy groups -OCH3 is 2. The van der Waals surface area contributed by atoms with E-state index in [0.717, 1.165) is 38.2 Å². The van der Waals surface area contributed by atoms with Crippen molar-refractivity contribution >= 4 is 26.0 Å². The standard InChI is InChI=1S/C23H21BrO2/c1-16-12-14-17(15-13-16)23(24)22(18-8-4-6-10-20(18)25-2)19-9-5-7-11-21(19)26-3/h4-15H,1-3H3. The largest absolute Gasteiger partial charge is 0.496 e. The molecule has 0 radical (unpaired) electrons. The minimum atomic E-state index is 0.817. The van der Waals surface area contributed by atoms with Crippen LogP contribution in [0.4, 0.5) is 0 Å². The number of aryl methyl sites for hydroxylation is 1. The molecule has 3 heteroatoms. The van der Waals surface area contributed by atoms with Crippen molar-refractivity contribution in [3.63, 3.8) is 0 Å². The van der Waals surface area contributed by atoms with E-state index in [4.69, 9.17) is 9.47 Å². The molecule has 26 heavy (non-hydrogen) atoms. The van der Waals surface area contributed by atoms with E-state index >= 15 is 0 Å². The van der Waals surface area contributed by atoms with Gasteiger partial charge in [-0.25, -0.2) is 0 Å². The zero-order valence-electron chi connectivity index (χ0n) is 15.1. The van der Waals surface area contributed by atoms with E-state index in [1.54, 1.807) is 14.2 Å². The molecule has 0 aliphatic rings. The third-order valence-electron chi connectivity index (χ3n) is 4.28. The van der Waals surface area contributed by atoms with Crippen LogP contribution < -0.4 is 9.47 Å². The summed E-state index contributed by atoms with van der Waals surface area (Å²) >= 11 is 3.85. The Labute approximate surface area is 163 Å². The van der Waals surface area contributed by atoms with Crippen molar-refractivity contribution in [1.29, 1.82) is 0 Å². The first-order valence-electron chi connectivity index (χ1n) is 8.39. The Bertz CT molecular complexity index is 877. The number of hydrogen-bond donors (Lipinski definition) is 0. The van der Waals surface area contributed by atoms with Crippen molar-refractivity contribution in [2.75, 3.05) is 14.2 Å². The molecular formula is C23H21BrO2. The Balaban J connectivity index is 2.32. The van der Waals surface area contributed by atoms with Crippen molar-refractivity contribution in [1.82, 2.24) is 0 Å². The molecule has 0 aliphatic carbocycles. The van der Waals surface area contributed by atoms with Gasteiger partial charge in [0.05, 0.1) is 14.2 Å². The maximum Gasteiger partial charge on any atom is 0.126 e. The Hall–Kier alpha value is -2.52. The topological polar surface area (TPSA) is 18.5 Å². The van der Waals surface area contributed by atoms with Gasteiger partial charge in [0, 0.05) is 21.2 Å². The summed E-state index contributed by atoms with van der Waals surface area (Å²) in [4.78, 5) is 0. The summed E-state index contributed by atoms with van der Waals surface area (Å²) in [5, 5.41) is 0. The lowest BCUT2D eigenvalue weighted by atomic mass is 9.94. The number of ether oxygens (including phenoxy) is 2. The molecule has 0 atom stereocenters. The summed E-state index contributed by atoms with van der Waals surface area (Å²) in [6, 6.07) is 24.5. The van der Waals surface area contributed by atoms with Crippen molar-refractivity contribution in [2.24, 2.45) is 0 Å². The molecule has 3 rings (SSSR count). The van der Waals surface area contributed by atoms with E-state index in [1.165, 1.54) is 5.56 Å². The average molecular weight is 409 g/mol. The van der Waals surface area contributed by atoms with Gasteiger partial charge in [-0.05, 0) is 40.5 Å². The van der Waals surface area contributed by atoms with E-state index in [0.29, 0.717) is 0 Å². The smallest absolute Gasteiger partial charge is 0.126 e. The molecule has 3 aromatic carbocycles. The van der Waals surface area contributed by atoms with Gasteiger partial charge in [-0.15, -0.1) is 0 Å². The van der Waals surface area contributed by atoms with Gasteiger partial charge in [0.15, 0.2) is 0 Å². The van der Waals surface area contributed by atoms with Crippen LogP contribution in [0.25, 0.3) is 10.1 Å². The molecule has 0 bridgehead atoms. The van der Waals surface area contributed by atoms with Crippen LogP contribution in [0.5, 0.6) is 11.5 Å². The molecule has 3 aromatic rings. The zero-order valence-corrected chi connectivity index (χ0v) is 16.7. The Morgan fingerprint density at radius 2 is 1.15 bits per heavy atom. The van der Waals surface area contributed by atoms with E-state index in [-0.39, 0.29) is 0 Å². The second-order valence-electron chi connectivity index (χ2n) is 5.96. The summed E-state index contributed by atoms with van der Waals surface area (Å²) in [6.07, 6.45) is 0. The predicted octanol–water partition coefficient (Wildman–Crippen LogP) is 6.32. The van der Waals surface area contributed by atoms with Crippen LogP contribution in [0.3, 0.4) is 0 Å². The highest BCUT2D eigenvalue weighted by Crippen LogP contribution is 2.42. The average Bonchev–Trinajstić information content (AvgIpc) is 2.69. The quantitative estimate of drug-likeness (QED) is 0.459. The molecule has 2 nitrogen and oxygen atoms in total. The van der Waals surface area contributed by atoms with E-state index in [1.807, 2.05) is 36.4 Å². The van der Waals surface area contributed by atoms with Crippen molar-refractivity contribution in [3.05, 3.63) is 95.1 Å². The number of halogens is 1. The van der Waals surface area contributed by atoms with Crippen molar-refractivity contribution in [3.8, 4) is 11.5 Å². The summed E-state index contributed by atoms with van der Waals surface area (Å²) < 4.78 is 12.3. The number of para-hydroxylation sites is 2. The fourth-order valence-corrected chi connectivity index (χ4v) is 3.62. The zero-order chi connectivity index (χ0) is 18.5. The van der Waals surface area contributed by atoms with Gasteiger partial charge in [-0.3, -0.25) is 0 Å². The van der Waals surface area contributed by atoms with Crippen LogP contribution in [0.15, 0.2) is 72.8 Å². The first-order valence-corrected chi connectivity index (χ1v) is 9.18. The van der Waals surface area contributed by atoms with Gasteiger partial charge in [0.2, 0.25) is 0 Å². The van der Waals surface area contributed by atoms with E-state index < -0.39 is 0 Å². The normalized spacial score (nSPS) is 10.3. The minimum Gasteiger partial charge on any atom is -0.496 e. The number of benzene rings is 3. The van der Waals surface area contributed by atoms with E-state index in [9.17, 15) is 0 Å². The highest BCUT2D eigenvalue weighted by molar-refractivity contribution is 9.15. The van der Waals surface area contributed by atoms with Gasteiger partial charge in [-0.1, -0.05) is 66.2 Å². The van der Waals surface area contributed by atoms with Gasteiger partial charge in [0.1, 0.15) is 11.5 Å². The van der Waals surface area contributed by atoms with Crippen LogP contribution >= 0.6 is 15.9 Å². The highest BCUT2D eigenvalue weighted by atomic mass is 79.9. The molecule has 0 heterocycles. The number of hydrogen-bond acceptors (Lipinski definition) is 2. The second kappa shape index (κ2) is 8.24. The third kappa shape index (κ3) is 3.68. The van der Waals surface area contributed by atoms with E-state index in [2.05, 4.69) is 59.3 Å². The SMILES string of the molecule is COc1ccccc1C(=C(Br)c1ccc(C)cc1)c1ccccc1OC. The lowest BCUT2D eigenvalue weighted by molar-refractivity contribution is 0.411. The molecule has 0 aliphatic heterocycles. The van der Waals surface area contributed by atoms with Gasteiger partial charge >= 0.3 is 0 Å². The summed E-state index contributed by atoms with van der Waals surface area (Å²) in [6.45, 7) is 2.09. The molecule has 0 N–H and O–H groups in total. The summed E-state index contributed by atoms with van der Waals surface area (Å²) in [5.74, 6) is 1.63. The number of rotatable bonds is 5. The Morgan fingerprint density at radius 3 is 1.62 bits per heavy atom. The molecule has 0 saturated heterocycles. The first-order chi connectivity index (χ1) is 12.7. The molecule has 0 unspecified atom stereocenters. The molecule has 0 aromatic heterocycles. The Morgan fingerprint density at radius 1 is 0.692 bits per heavy atom. The lowest BCUT2D eigenvalue weighted by Gasteiger charge is -2.18. The molecular weight excluding hydrogens is 388 g/mol. The fraction of sp³-hybridized carbons (Fsp3) is 0.130. The van der Waals surface area contributed by atoms with Crippen LogP contribution in [-0.4, -0.2) is 14.2 Å². The minimum absolute atomic E-state index is 0.817. The summed E-state index contributed by atoms with van der Waals surface area (Å²) in [7, 11) is 3.39. The van der Waals surface area contributed by atoms with Crippen LogP contribution in [0.2, 0.25) is 0 Å². The molecule has 132 valence electrons. The molecule has 0 spiro atoms. The fourth-order valence-electron chi connectivity index (χ4n) is 2.93. The Kier molecular flexibility index (Phi) is 5.79. The van der Waals surface area contributed by atoms with Crippen LogP contribution in [-0.2, 0) is 0 Å². The highest BCUT2D eigenvalue weighted by Gasteiger charge is 2.18. The van der Waals surface area contributed by atoms with Gasteiger partial charge < -0.3 is 9.47 Å².